The molecule has 0 aliphatic heterocycles. The van der Waals surface area contributed by atoms with Gasteiger partial charge in [-0.25, -0.2) is 0 Å². The molecule has 0 unspecified atom stereocenters. The third kappa shape index (κ3) is 1.07. The quantitative estimate of drug-likeness (QED) is 0.621. The van der Waals surface area contributed by atoms with E-state index in [2.05, 4.69) is 5.10 Å². The Morgan fingerprint density at radius 3 is 2.92 bits per heavy atom. The summed E-state index contributed by atoms with van der Waals surface area (Å²) >= 11 is 0. The van der Waals surface area contributed by atoms with Crippen molar-refractivity contribution in [2.24, 2.45) is 7.05 Å². The highest BCUT2D eigenvalue weighted by Crippen LogP contribution is 2.23. The van der Waals surface area contributed by atoms with Crippen LogP contribution >= 0.6 is 0 Å². The molecule has 0 fully saturated rings. The Hall–Kier alpha value is -1.38. The van der Waals surface area contributed by atoms with Crippen molar-refractivity contribution in [2.45, 2.75) is 12.8 Å². The van der Waals surface area contributed by atoms with Gasteiger partial charge in [-0.1, -0.05) is 6.08 Å². The summed E-state index contributed by atoms with van der Waals surface area (Å²) < 4.78 is 1.71. The van der Waals surface area contributed by atoms with Gasteiger partial charge in [-0.2, -0.15) is 5.10 Å². The molecule has 0 saturated carbocycles. The fourth-order valence-electron chi connectivity index (χ4n) is 1.44. The van der Waals surface area contributed by atoms with Gasteiger partial charge in [0.15, 0.2) is 5.78 Å². The monoisotopic (exact) mass is 162 g/mol. The van der Waals surface area contributed by atoms with E-state index in [-0.39, 0.29) is 5.78 Å². The van der Waals surface area contributed by atoms with Crippen molar-refractivity contribution in [3.8, 4) is 0 Å². The molecule has 0 spiro atoms. The van der Waals surface area contributed by atoms with E-state index in [9.17, 15) is 4.79 Å². The van der Waals surface area contributed by atoms with Crippen LogP contribution in [0.25, 0.3) is 5.57 Å². The molecule has 0 N–H and O–H groups in total. The Bertz CT molecular complexity index is 349. The maximum atomic E-state index is 11.3. The lowest BCUT2D eigenvalue weighted by atomic mass is 10.1. The first-order valence-corrected chi connectivity index (χ1v) is 4.00. The van der Waals surface area contributed by atoms with E-state index in [1.54, 1.807) is 10.9 Å². The second kappa shape index (κ2) is 2.59. The number of hydrogen-bond acceptors (Lipinski definition) is 2. The van der Waals surface area contributed by atoms with Crippen LogP contribution in [0.5, 0.6) is 0 Å². The van der Waals surface area contributed by atoms with E-state index >= 15 is 0 Å². The molecule has 2 rings (SSSR count). The van der Waals surface area contributed by atoms with Gasteiger partial charge in [0.25, 0.3) is 0 Å². The van der Waals surface area contributed by atoms with Crippen molar-refractivity contribution in [1.29, 1.82) is 0 Å². The lowest BCUT2D eigenvalue weighted by Gasteiger charge is -1.92. The van der Waals surface area contributed by atoms with Crippen molar-refractivity contribution in [3.63, 3.8) is 0 Å². The minimum absolute atomic E-state index is 0.239. The maximum Gasteiger partial charge on any atom is 0.163 e. The Labute approximate surface area is 70.7 Å². The number of ketones is 1. The zero-order valence-electron chi connectivity index (χ0n) is 6.95. The summed E-state index contributed by atoms with van der Waals surface area (Å²) in [6.07, 6.45) is 7.12. The van der Waals surface area contributed by atoms with Crippen LogP contribution in [-0.4, -0.2) is 15.6 Å². The smallest absolute Gasteiger partial charge is 0.163 e. The number of aryl methyl sites for hydroxylation is 1. The largest absolute Gasteiger partial charge is 0.294 e. The summed E-state index contributed by atoms with van der Waals surface area (Å²) in [6, 6.07) is 0. The molecule has 0 saturated heterocycles. The van der Waals surface area contributed by atoms with Gasteiger partial charge in [0, 0.05) is 30.8 Å². The van der Waals surface area contributed by atoms with Crippen molar-refractivity contribution in [3.05, 3.63) is 24.0 Å². The van der Waals surface area contributed by atoms with Crippen molar-refractivity contribution in [1.82, 2.24) is 9.78 Å². The molecule has 0 radical (unpaired) electrons. The molecule has 1 aromatic rings. The molecule has 3 heteroatoms. The van der Waals surface area contributed by atoms with Crippen LogP contribution in [0.4, 0.5) is 0 Å². The molecule has 12 heavy (non-hydrogen) atoms. The zero-order chi connectivity index (χ0) is 8.55. The highest BCUT2D eigenvalue weighted by molar-refractivity contribution is 6.22. The summed E-state index contributed by atoms with van der Waals surface area (Å²) in [5.74, 6) is 0.239. The fraction of sp³-hybridized carbons (Fsp3) is 0.333. The van der Waals surface area contributed by atoms with Crippen LogP contribution in [0.1, 0.15) is 18.4 Å². The van der Waals surface area contributed by atoms with Crippen molar-refractivity contribution >= 4 is 11.4 Å². The normalized spacial score (nSPS) is 16.8. The van der Waals surface area contributed by atoms with Crippen LogP contribution in [0.15, 0.2) is 18.5 Å². The Kier molecular flexibility index (Phi) is 1.57. The van der Waals surface area contributed by atoms with Gasteiger partial charge in [-0.05, 0) is 6.42 Å². The van der Waals surface area contributed by atoms with Crippen LogP contribution < -0.4 is 0 Å². The first-order chi connectivity index (χ1) is 5.77. The van der Waals surface area contributed by atoms with Gasteiger partial charge < -0.3 is 0 Å². The molecule has 0 bridgehead atoms. The van der Waals surface area contributed by atoms with E-state index in [4.69, 9.17) is 0 Å². The van der Waals surface area contributed by atoms with Gasteiger partial charge in [-0.15, -0.1) is 0 Å². The van der Waals surface area contributed by atoms with Crippen LogP contribution in [0.2, 0.25) is 0 Å². The third-order valence-corrected chi connectivity index (χ3v) is 2.04. The fourth-order valence-corrected chi connectivity index (χ4v) is 1.44. The van der Waals surface area contributed by atoms with Crippen LogP contribution in [-0.2, 0) is 11.8 Å². The van der Waals surface area contributed by atoms with Gasteiger partial charge in [-0.3, -0.25) is 9.48 Å². The topological polar surface area (TPSA) is 34.9 Å². The van der Waals surface area contributed by atoms with Crippen molar-refractivity contribution in [2.75, 3.05) is 0 Å². The molecule has 1 aromatic heterocycles. The standard InChI is InChI=1S/C9H10N2O/c1-11-6-7(5-10-11)8-3-2-4-9(8)12/h3,5-6H,2,4H2,1H3. The van der Waals surface area contributed by atoms with Gasteiger partial charge in [0.1, 0.15) is 0 Å². The average molecular weight is 162 g/mol. The Morgan fingerprint density at radius 1 is 1.58 bits per heavy atom. The molecule has 1 aliphatic carbocycles. The van der Waals surface area contributed by atoms with E-state index in [1.807, 2.05) is 19.3 Å². The number of aromatic nitrogens is 2. The van der Waals surface area contributed by atoms with E-state index in [1.165, 1.54) is 0 Å². The predicted octanol–water partition coefficient (Wildman–Crippen LogP) is 1.17. The van der Waals surface area contributed by atoms with Crippen LogP contribution in [0, 0.1) is 0 Å². The summed E-state index contributed by atoms with van der Waals surface area (Å²) in [7, 11) is 1.85. The highest BCUT2D eigenvalue weighted by atomic mass is 16.1. The SMILES string of the molecule is Cn1cc(C2=CCCC2=O)cn1. The summed E-state index contributed by atoms with van der Waals surface area (Å²) in [6.45, 7) is 0. The molecule has 0 aromatic carbocycles. The van der Waals surface area contributed by atoms with Gasteiger partial charge in [0.05, 0.1) is 6.20 Å². The summed E-state index contributed by atoms with van der Waals surface area (Å²) in [5, 5.41) is 4.02. The Balaban J connectivity index is 2.37. The Morgan fingerprint density at radius 2 is 2.42 bits per heavy atom. The first kappa shape index (κ1) is 7.28. The lowest BCUT2D eigenvalue weighted by molar-refractivity contribution is -0.113. The van der Waals surface area contributed by atoms with Crippen LogP contribution in [0.3, 0.4) is 0 Å². The third-order valence-electron chi connectivity index (χ3n) is 2.04. The molecule has 1 heterocycles. The maximum absolute atomic E-state index is 11.3. The molecule has 0 atom stereocenters. The van der Waals surface area contributed by atoms with Crippen molar-refractivity contribution < 1.29 is 4.79 Å². The average Bonchev–Trinajstić information content (AvgIpc) is 2.58. The number of Topliss-reactive ketones (excluding diaryl/α,β-unsaturated/α-hetero) is 1. The van der Waals surface area contributed by atoms with E-state index in [0.717, 1.165) is 17.6 Å². The minimum atomic E-state index is 0.239. The first-order valence-electron chi connectivity index (χ1n) is 4.00. The molecule has 62 valence electrons. The number of carbonyl (C=O) groups excluding carboxylic acids is 1. The van der Waals surface area contributed by atoms with E-state index < -0.39 is 0 Å². The zero-order valence-corrected chi connectivity index (χ0v) is 6.95. The number of allylic oxidation sites excluding steroid dienone is 2. The second-order valence-electron chi connectivity index (χ2n) is 2.98. The minimum Gasteiger partial charge on any atom is -0.294 e. The number of nitrogens with zero attached hydrogens (tertiary/aromatic N) is 2. The molecule has 1 aliphatic rings. The van der Waals surface area contributed by atoms with E-state index in [0.29, 0.717) is 6.42 Å². The number of carbonyl (C=O) groups is 1. The summed E-state index contributed by atoms with van der Waals surface area (Å²) in [4.78, 5) is 11.3. The number of rotatable bonds is 1. The molecular weight excluding hydrogens is 152 g/mol. The van der Waals surface area contributed by atoms with Gasteiger partial charge >= 0.3 is 0 Å². The molecule has 0 amide bonds. The molecular formula is C9H10N2O. The second-order valence-corrected chi connectivity index (χ2v) is 2.98. The lowest BCUT2D eigenvalue weighted by Crippen LogP contribution is -1.93. The van der Waals surface area contributed by atoms with Gasteiger partial charge in [0.2, 0.25) is 0 Å². The summed E-state index contributed by atoms with van der Waals surface area (Å²) in [5.41, 5.74) is 1.78. The highest BCUT2D eigenvalue weighted by Gasteiger charge is 2.17. The number of hydrogen-bond donors (Lipinski definition) is 0. The predicted molar refractivity (Wildman–Crippen MR) is 45.4 cm³/mol. The molecule has 3 nitrogen and oxygen atoms in total.